The second kappa shape index (κ2) is 8.48. The minimum atomic E-state index is -1.02. The number of hydrogen-bond acceptors (Lipinski definition) is 5. The van der Waals surface area contributed by atoms with Crippen LogP contribution in [0.5, 0.6) is 0 Å². The molecule has 0 aliphatic heterocycles. The molecule has 0 unspecified atom stereocenters. The largest absolute Gasteiger partial charge is 0.451 e. The highest BCUT2D eigenvalue weighted by Gasteiger charge is 2.24. The van der Waals surface area contributed by atoms with E-state index in [2.05, 4.69) is 15.7 Å². The Balaban J connectivity index is 1.92. The van der Waals surface area contributed by atoms with Crippen molar-refractivity contribution in [1.82, 2.24) is 15.1 Å². The summed E-state index contributed by atoms with van der Waals surface area (Å²) in [6.07, 6.45) is -1.02. The molecule has 0 aliphatic carbocycles. The number of nitrogens with one attached hydrogen (secondary N) is 2. The minimum Gasteiger partial charge on any atom is -0.451 e. The van der Waals surface area contributed by atoms with Crippen molar-refractivity contribution in [2.45, 2.75) is 39.8 Å². The maximum atomic E-state index is 12.3. The van der Waals surface area contributed by atoms with Gasteiger partial charge in [0.25, 0.3) is 11.8 Å². The molecule has 2 amide bonds. The van der Waals surface area contributed by atoms with Gasteiger partial charge in [0, 0.05) is 12.6 Å². The average molecular weight is 372 g/mol. The zero-order valence-corrected chi connectivity index (χ0v) is 16.1. The van der Waals surface area contributed by atoms with E-state index in [0.717, 1.165) is 5.69 Å². The van der Waals surface area contributed by atoms with E-state index >= 15 is 0 Å². The maximum Gasteiger partial charge on any atom is 0.329 e. The number of carbonyl (C=O) groups excluding carboxylic acids is 3. The monoisotopic (exact) mass is 372 g/mol. The first kappa shape index (κ1) is 20.2. The molecule has 27 heavy (non-hydrogen) atoms. The molecule has 0 bridgehead atoms. The highest BCUT2D eigenvalue weighted by atomic mass is 16.5. The molecule has 0 spiro atoms. The third-order valence-corrected chi connectivity index (χ3v) is 4.16. The first-order valence-corrected chi connectivity index (χ1v) is 8.58. The van der Waals surface area contributed by atoms with E-state index in [0.29, 0.717) is 16.9 Å². The summed E-state index contributed by atoms with van der Waals surface area (Å²) in [5, 5.41) is 9.50. The van der Waals surface area contributed by atoms with Crippen LogP contribution in [0.3, 0.4) is 0 Å². The molecule has 2 N–H and O–H groups in total. The molecular formula is C19H24N4O4. The fourth-order valence-corrected chi connectivity index (χ4v) is 2.44. The number of aromatic nitrogens is 2. The van der Waals surface area contributed by atoms with Gasteiger partial charge in [-0.05, 0) is 39.8 Å². The van der Waals surface area contributed by atoms with Crippen molar-refractivity contribution in [2.75, 3.05) is 5.32 Å². The Morgan fingerprint density at radius 2 is 1.74 bits per heavy atom. The number of nitrogens with zero attached hydrogens (tertiary/aromatic N) is 2. The zero-order chi connectivity index (χ0) is 20.1. The molecule has 2 atom stereocenters. The number of anilines is 1. The summed E-state index contributed by atoms with van der Waals surface area (Å²) in [7, 11) is 1.78. The van der Waals surface area contributed by atoms with Crippen LogP contribution in [0.4, 0.5) is 5.69 Å². The van der Waals surface area contributed by atoms with Gasteiger partial charge in [0.2, 0.25) is 0 Å². The standard InChI is InChI=1S/C19H24N4O4/c1-11-16(13(3)23(5)22-11)21-17(24)14(4)27-19(26)12(2)20-18(25)15-9-7-6-8-10-15/h6-10,12,14H,1-5H3,(H,20,25)(H,21,24)/t12-,14+/m0/s1. The Bertz CT molecular complexity index is 845. The molecule has 144 valence electrons. The molecule has 1 heterocycles. The molecule has 8 nitrogen and oxygen atoms in total. The van der Waals surface area contributed by atoms with Gasteiger partial charge in [-0.3, -0.25) is 14.3 Å². The lowest BCUT2D eigenvalue weighted by atomic mass is 10.2. The molecule has 0 aliphatic rings. The lowest BCUT2D eigenvalue weighted by molar-refractivity contribution is -0.154. The number of ether oxygens (including phenoxy) is 1. The summed E-state index contributed by atoms with van der Waals surface area (Å²) in [5.74, 6) is -1.55. The Morgan fingerprint density at radius 3 is 2.30 bits per heavy atom. The molecule has 1 aromatic heterocycles. The van der Waals surface area contributed by atoms with Gasteiger partial charge in [0.1, 0.15) is 6.04 Å². The second-order valence-corrected chi connectivity index (χ2v) is 6.30. The lowest BCUT2D eigenvalue weighted by Gasteiger charge is -2.17. The van der Waals surface area contributed by atoms with Gasteiger partial charge >= 0.3 is 5.97 Å². The van der Waals surface area contributed by atoms with Crippen molar-refractivity contribution in [3.05, 3.63) is 47.3 Å². The van der Waals surface area contributed by atoms with Gasteiger partial charge in [-0.15, -0.1) is 0 Å². The first-order valence-electron chi connectivity index (χ1n) is 8.58. The molecule has 0 saturated carbocycles. The van der Waals surface area contributed by atoms with Gasteiger partial charge < -0.3 is 15.4 Å². The van der Waals surface area contributed by atoms with Gasteiger partial charge in [0.05, 0.1) is 17.1 Å². The number of aryl methyl sites for hydroxylation is 2. The smallest absolute Gasteiger partial charge is 0.329 e. The summed E-state index contributed by atoms with van der Waals surface area (Å²) < 4.78 is 6.83. The number of rotatable bonds is 6. The van der Waals surface area contributed by atoms with Crippen LogP contribution in [0, 0.1) is 13.8 Å². The Kier molecular flexibility index (Phi) is 6.33. The molecule has 0 fully saturated rings. The van der Waals surface area contributed by atoms with Crippen molar-refractivity contribution in [1.29, 1.82) is 0 Å². The number of esters is 1. The normalized spacial score (nSPS) is 12.8. The van der Waals surface area contributed by atoms with E-state index in [-0.39, 0.29) is 0 Å². The fraction of sp³-hybridized carbons (Fsp3) is 0.368. The Labute approximate surface area is 157 Å². The quantitative estimate of drug-likeness (QED) is 0.752. The van der Waals surface area contributed by atoms with Crippen LogP contribution in [-0.4, -0.2) is 39.7 Å². The van der Waals surface area contributed by atoms with Crippen LogP contribution in [0.2, 0.25) is 0 Å². The van der Waals surface area contributed by atoms with E-state index in [1.165, 1.54) is 13.8 Å². The lowest BCUT2D eigenvalue weighted by Crippen LogP contribution is -2.42. The molecule has 8 heteroatoms. The van der Waals surface area contributed by atoms with Crippen molar-refractivity contribution < 1.29 is 19.1 Å². The third-order valence-electron chi connectivity index (χ3n) is 4.16. The SMILES string of the molecule is Cc1nn(C)c(C)c1NC(=O)[C@@H](C)OC(=O)[C@H](C)NC(=O)c1ccccc1. The van der Waals surface area contributed by atoms with Crippen molar-refractivity contribution >= 4 is 23.5 Å². The van der Waals surface area contributed by atoms with Crippen molar-refractivity contribution in [3.8, 4) is 0 Å². The van der Waals surface area contributed by atoms with Crippen molar-refractivity contribution in [2.24, 2.45) is 7.05 Å². The predicted molar refractivity (Wildman–Crippen MR) is 100 cm³/mol. The number of hydrogen-bond donors (Lipinski definition) is 2. The van der Waals surface area contributed by atoms with E-state index < -0.39 is 29.9 Å². The summed E-state index contributed by atoms with van der Waals surface area (Å²) in [5.41, 5.74) is 2.49. The van der Waals surface area contributed by atoms with E-state index in [4.69, 9.17) is 4.74 Å². The summed E-state index contributed by atoms with van der Waals surface area (Å²) in [6.45, 7) is 6.58. The van der Waals surface area contributed by atoms with Gasteiger partial charge in [-0.25, -0.2) is 4.79 Å². The van der Waals surface area contributed by atoms with Crippen LogP contribution >= 0.6 is 0 Å². The first-order chi connectivity index (χ1) is 12.7. The molecular weight excluding hydrogens is 348 g/mol. The van der Waals surface area contributed by atoms with Crippen LogP contribution in [0.15, 0.2) is 30.3 Å². The molecule has 2 aromatic rings. The van der Waals surface area contributed by atoms with Gasteiger partial charge in [0.15, 0.2) is 6.10 Å². The highest BCUT2D eigenvalue weighted by Crippen LogP contribution is 2.18. The Hall–Kier alpha value is -3.16. The zero-order valence-electron chi connectivity index (χ0n) is 16.1. The molecule has 0 saturated heterocycles. The van der Waals surface area contributed by atoms with Gasteiger partial charge in [-0.2, -0.15) is 5.10 Å². The average Bonchev–Trinajstić information content (AvgIpc) is 2.88. The summed E-state index contributed by atoms with van der Waals surface area (Å²) in [4.78, 5) is 36.6. The van der Waals surface area contributed by atoms with E-state index in [1.807, 2.05) is 6.92 Å². The highest BCUT2D eigenvalue weighted by molar-refractivity contribution is 5.98. The van der Waals surface area contributed by atoms with Crippen LogP contribution in [0.25, 0.3) is 0 Å². The topological polar surface area (TPSA) is 102 Å². The molecule has 2 rings (SSSR count). The van der Waals surface area contributed by atoms with Crippen LogP contribution in [0.1, 0.15) is 35.6 Å². The van der Waals surface area contributed by atoms with E-state index in [9.17, 15) is 14.4 Å². The van der Waals surface area contributed by atoms with Gasteiger partial charge in [-0.1, -0.05) is 18.2 Å². The summed E-state index contributed by atoms with van der Waals surface area (Å²) >= 11 is 0. The van der Waals surface area contributed by atoms with E-state index in [1.54, 1.807) is 49.0 Å². The predicted octanol–water partition coefficient (Wildman–Crippen LogP) is 1.73. The molecule has 0 radical (unpaired) electrons. The number of carbonyl (C=O) groups is 3. The summed E-state index contributed by atoms with van der Waals surface area (Å²) in [6, 6.07) is 7.64. The second-order valence-electron chi connectivity index (χ2n) is 6.30. The minimum absolute atomic E-state index is 0.390. The molecule has 1 aromatic carbocycles. The Morgan fingerprint density at radius 1 is 1.11 bits per heavy atom. The van der Waals surface area contributed by atoms with Crippen LogP contribution < -0.4 is 10.6 Å². The van der Waals surface area contributed by atoms with Crippen molar-refractivity contribution in [3.63, 3.8) is 0 Å². The maximum absolute atomic E-state index is 12.3. The van der Waals surface area contributed by atoms with Crippen LogP contribution in [-0.2, 0) is 21.4 Å². The third kappa shape index (κ3) is 4.93. The number of amides is 2. The number of benzene rings is 1. The fourth-order valence-electron chi connectivity index (χ4n) is 2.44.